The van der Waals surface area contributed by atoms with Gasteiger partial charge in [0.15, 0.2) is 6.10 Å². The van der Waals surface area contributed by atoms with Crippen LogP contribution in [-0.4, -0.2) is 79.4 Å². The topological polar surface area (TPSA) is 94.9 Å². The number of carbonyl (C=O) groups excluding carboxylic acids is 2. The van der Waals surface area contributed by atoms with E-state index in [1.165, 1.54) is 0 Å². The zero-order valence-corrected chi connectivity index (χ0v) is 17.6. The van der Waals surface area contributed by atoms with Crippen LogP contribution in [0.5, 0.6) is 0 Å². The Kier molecular flexibility index (Phi) is 7.67. The second-order valence-corrected chi connectivity index (χ2v) is 8.87. The molecule has 2 saturated heterocycles. The maximum atomic E-state index is 13.0. The van der Waals surface area contributed by atoms with Crippen LogP contribution in [0.2, 0.25) is 0 Å². The predicted octanol–water partition coefficient (Wildman–Crippen LogP) is 1.75. The van der Waals surface area contributed by atoms with E-state index in [4.69, 9.17) is 9.47 Å². The van der Waals surface area contributed by atoms with Gasteiger partial charge in [-0.2, -0.15) is 5.26 Å². The zero-order valence-electron chi connectivity index (χ0n) is 17.6. The number of amides is 2. The van der Waals surface area contributed by atoms with Crippen molar-refractivity contribution >= 4 is 12.0 Å². The molecule has 2 aliphatic heterocycles. The van der Waals surface area contributed by atoms with Gasteiger partial charge in [0.2, 0.25) is 0 Å². The van der Waals surface area contributed by atoms with Crippen molar-refractivity contribution in [1.29, 1.82) is 5.26 Å². The van der Waals surface area contributed by atoms with Crippen molar-refractivity contribution in [1.82, 2.24) is 15.1 Å². The van der Waals surface area contributed by atoms with Crippen molar-refractivity contribution in [2.75, 3.05) is 45.9 Å². The monoisotopic (exact) mass is 394 g/mol. The van der Waals surface area contributed by atoms with Gasteiger partial charge in [-0.1, -0.05) is 27.7 Å². The van der Waals surface area contributed by atoms with Crippen LogP contribution in [0, 0.1) is 16.7 Å². The molecule has 0 aromatic heterocycles. The smallest absolute Gasteiger partial charge is 0.410 e. The van der Waals surface area contributed by atoms with Gasteiger partial charge in [0, 0.05) is 26.2 Å². The summed E-state index contributed by atoms with van der Waals surface area (Å²) in [6, 6.07) is 2.28. The number of nitriles is 1. The molecule has 2 heterocycles. The van der Waals surface area contributed by atoms with Crippen molar-refractivity contribution in [2.45, 2.75) is 58.6 Å². The van der Waals surface area contributed by atoms with Gasteiger partial charge in [-0.05, 0) is 31.2 Å². The highest BCUT2D eigenvalue weighted by atomic mass is 16.6. The number of hydrogen-bond acceptors (Lipinski definition) is 6. The van der Waals surface area contributed by atoms with Crippen molar-refractivity contribution in [3.63, 3.8) is 0 Å². The molecule has 1 N–H and O–H groups in total. The minimum absolute atomic E-state index is 0.00316. The second-order valence-electron chi connectivity index (χ2n) is 8.87. The molecule has 2 amide bonds. The lowest BCUT2D eigenvalue weighted by atomic mass is 9.89. The van der Waals surface area contributed by atoms with Gasteiger partial charge in [-0.25, -0.2) is 4.79 Å². The van der Waals surface area contributed by atoms with E-state index in [-0.39, 0.29) is 11.3 Å². The number of rotatable bonds is 6. The summed E-state index contributed by atoms with van der Waals surface area (Å²) >= 11 is 0. The summed E-state index contributed by atoms with van der Waals surface area (Å²) in [5, 5.41) is 12.6. The minimum Gasteiger partial charge on any atom is -0.436 e. The maximum Gasteiger partial charge on any atom is 0.410 e. The van der Waals surface area contributed by atoms with Crippen molar-refractivity contribution in [2.24, 2.45) is 5.41 Å². The Morgan fingerprint density at radius 2 is 1.96 bits per heavy atom. The van der Waals surface area contributed by atoms with Gasteiger partial charge in [0.25, 0.3) is 5.91 Å². The molecule has 0 bridgehead atoms. The molecule has 0 saturated carbocycles. The number of likely N-dealkylation sites (N-methyl/N-ethyl adjacent to an activating group) is 1. The minimum atomic E-state index is -0.918. The van der Waals surface area contributed by atoms with Crippen molar-refractivity contribution in [3.05, 3.63) is 0 Å². The Morgan fingerprint density at radius 3 is 2.50 bits per heavy atom. The van der Waals surface area contributed by atoms with E-state index < -0.39 is 17.7 Å². The molecule has 8 heteroatoms. The highest BCUT2D eigenvalue weighted by molar-refractivity contribution is 5.84. The molecule has 2 rings (SSSR count). The third-order valence-corrected chi connectivity index (χ3v) is 5.33. The van der Waals surface area contributed by atoms with E-state index in [0.717, 1.165) is 19.5 Å². The molecule has 8 nitrogen and oxygen atoms in total. The summed E-state index contributed by atoms with van der Waals surface area (Å²) < 4.78 is 10.9. The number of hydrogen-bond donors (Lipinski definition) is 1. The average Bonchev–Trinajstić information content (AvgIpc) is 3.08. The molecule has 0 aromatic carbocycles. The Hall–Kier alpha value is -1.85. The Balaban J connectivity index is 2.05. The highest BCUT2D eigenvalue weighted by Crippen LogP contribution is 2.25. The quantitative estimate of drug-likeness (QED) is 0.738. The van der Waals surface area contributed by atoms with Gasteiger partial charge < -0.3 is 24.6 Å². The second kappa shape index (κ2) is 9.57. The van der Waals surface area contributed by atoms with Gasteiger partial charge in [0.1, 0.15) is 5.54 Å². The van der Waals surface area contributed by atoms with Gasteiger partial charge in [-0.15, -0.1) is 0 Å². The van der Waals surface area contributed by atoms with E-state index in [1.807, 2.05) is 6.92 Å². The molecule has 28 heavy (non-hydrogen) atoms. The van der Waals surface area contributed by atoms with E-state index in [2.05, 4.69) is 37.1 Å². The molecule has 0 aliphatic carbocycles. The summed E-state index contributed by atoms with van der Waals surface area (Å²) in [6.45, 7) is 12.2. The molecular weight excluding hydrogens is 360 g/mol. The number of nitrogens with one attached hydrogen (secondary N) is 1. The lowest BCUT2D eigenvalue weighted by Crippen LogP contribution is -2.54. The Labute approximate surface area is 168 Å². The highest BCUT2D eigenvalue weighted by Gasteiger charge is 2.41. The lowest BCUT2D eigenvalue weighted by Gasteiger charge is -2.30. The number of ether oxygens (including phenoxy) is 2. The third kappa shape index (κ3) is 6.35. The Bertz CT molecular complexity index is 592. The lowest BCUT2D eigenvalue weighted by molar-refractivity contribution is -0.132. The van der Waals surface area contributed by atoms with Crippen LogP contribution in [0.25, 0.3) is 0 Å². The van der Waals surface area contributed by atoms with Crippen LogP contribution in [0.4, 0.5) is 4.79 Å². The predicted molar refractivity (Wildman–Crippen MR) is 105 cm³/mol. The van der Waals surface area contributed by atoms with Crippen LogP contribution in [0.15, 0.2) is 0 Å². The summed E-state index contributed by atoms with van der Waals surface area (Å²) in [6.07, 6.45) is 0.319. The summed E-state index contributed by atoms with van der Waals surface area (Å²) in [7, 11) is 0. The maximum absolute atomic E-state index is 13.0. The van der Waals surface area contributed by atoms with Gasteiger partial charge in [-0.3, -0.25) is 4.79 Å². The first kappa shape index (κ1) is 22.4. The molecule has 0 aromatic rings. The summed E-state index contributed by atoms with van der Waals surface area (Å²) in [5.74, 6) is -0.384. The summed E-state index contributed by atoms with van der Waals surface area (Å²) in [5.41, 5.74) is -0.915. The third-order valence-electron chi connectivity index (χ3n) is 5.33. The average molecular weight is 395 g/mol. The SMILES string of the molecule is CCN1CCC(C#N)(NC(=O)[C@H](CCC(C)(C)C)OC(=O)N2CCOCC2)C1. The van der Waals surface area contributed by atoms with Gasteiger partial charge >= 0.3 is 6.09 Å². The first-order valence-electron chi connectivity index (χ1n) is 10.2. The molecule has 158 valence electrons. The molecule has 2 atom stereocenters. The van der Waals surface area contributed by atoms with Crippen molar-refractivity contribution in [3.8, 4) is 6.07 Å². The van der Waals surface area contributed by atoms with Crippen LogP contribution in [-0.2, 0) is 14.3 Å². The normalized spacial score (nSPS) is 24.5. The number of carbonyl (C=O) groups is 2. The molecule has 1 unspecified atom stereocenters. The molecule has 0 spiro atoms. The molecule has 0 radical (unpaired) electrons. The fourth-order valence-electron chi connectivity index (χ4n) is 3.45. The summed E-state index contributed by atoms with van der Waals surface area (Å²) in [4.78, 5) is 29.2. The number of likely N-dealkylation sites (tertiary alicyclic amines) is 1. The Morgan fingerprint density at radius 1 is 1.29 bits per heavy atom. The van der Waals surface area contributed by atoms with E-state index in [1.54, 1.807) is 4.90 Å². The van der Waals surface area contributed by atoms with Crippen LogP contribution < -0.4 is 5.32 Å². The van der Waals surface area contributed by atoms with Crippen molar-refractivity contribution < 1.29 is 19.1 Å². The van der Waals surface area contributed by atoms with Crippen LogP contribution >= 0.6 is 0 Å². The van der Waals surface area contributed by atoms with E-state index >= 15 is 0 Å². The molecule has 2 aliphatic rings. The van der Waals surface area contributed by atoms with E-state index in [0.29, 0.717) is 45.7 Å². The zero-order chi connectivity index (χ0) is 20.8. The van der Waals surface area contributed by atoms with Crippen LogP contribution in [0.3, 0.4) is 0 Å². The molecule has 2 fully saturated rings. The fourth-order valence-corrected chi connectivity index (χ4v) is 3.45. The van der Waals surface area contributed by atoms with E-state index in [9.17, 15) is 14.9 Å². The van der Waals surface area contributed by atoms with Crippen LogP contribution in [0.1, 0.15) is 47.0 Å². The first-order valence-corrected chi connectivity index (χ1v) is 10.2. The van der Waals surface area contributed by atoms with Gasteiger partial charge in [0.05, 0.1) is 19.3 Å². The standard InChI is InChI=1S/C20H34N4O4/c1-5-23-9-8-20(14-21,15-23)22-17(25)16(6-7-19(2,3)4)28-18(26)24-10-12-27-13-11-24/h16H,5-13,15H2,1-4H3,(H,22,25)/t16-,20?/m0/s1. The number of nitrogens with zero attached hydrogens (tertiary/aromatic N) is 3. The fraction of sp³-hybridized carbons (Fsp3) is 0.850. The first-order chi connectivity index (χ1) is 13.2. The number of morpholine rings is 1. The largest absolute Gasteiger partial charge is 0.436 e. The molecular formula is C20H34N4O4.